The number of carbonyl (C=O) groups excluding carboxylic acids is 1. The van der Waals surface area contributed by atoms with Gasteiger partial charge in [0.25, 0.3) is 0 Å². The minimum Gasteiger partial charge on any atom is -0.494 e. The highest BCUT2D eigenvalue weighted by atomic mass is 16.5. The number of methoxy groups -OCH3 is 1. The molecule has 0 fully saturated rings. The summed E-state index contributed by atoms with van der Waals surface area (Å²) in [7, 11) is 1.65. The maximum absolute atomic E-state index is 13.2. The van der Waals surface area contributed by atoms with Gasteiger partial charge in [-0.25, -0.2) is 4.98 Å². The molecule has 1 aliphatic heterocycles. The van der Waals surface area contributed by atoms with Crippen LogP contribution >= 0.6 is 0 Å². The van der Waals surface area contributed by atoms with Gasteiger partial charge >= 0.3 is 0 Å². The maximum atomic E-state index is 13.2. The van der Waals surface area contributed by atoms with Crippen molar-refractivity contribution in [2.24, 2.45) is 0 Å². The van der Waals surface area contributed by atoms with Crippen LogP contribution in [0, 0.1) is 0 Å². The van der Waals surface area contributed by atoms with Crippen LogP contribution in [0.25, 0.3) is 5.52 Å². The van der Waals surface area contributed by atoms with Gasteiger partial charge in [0.2, 0.25) is 0 Å². The molecule has 6 nitrogen and oxygen atoms in total. The molecule has 0 aliphatic carbocycles. The maximum Gasteiger partial charge on any atom is 0.167 e. The van der Waals surface area contributed by atoms with Gasteiger partial charge in [0.05, 0.1) is 18.9 Å². The molecule has 3 heterocycles. The molecule has 1 aromatic carbocycles. The quantitative estimate of drug-likeness (QED) is 0.689. The first-order valence-electron chi connectivity index (χ1n) is 9.50. The summed E-state index contributed by atoms with van der Waals surface area (Å²) in [5.41, 5.74) is 2.11. The van der Waals surface area contributed by atoms with Crippen molar-refractivity contribution in [2.45, 2.75) is 32.2 Å². The van der Waals surface area contributed by atoms with E-state index >= 15 is 0 Å². The number of fused-ring (bicyclic) bond motifs is 2. The number of benzene rings is 1. The van der Waals surface area contributed by atoms with Crippen LogP contribution < -0.4 is 14.8 Å². The average Bonchev–Trinajstić information content (AvgIpc) is 2.99. The van der Waals surface area contributed by atoms with Crippen molar-refractivity contribution in [3.63, 3.8) is 0 Å². The van der Waals surface area contributed by atoms with Crippen LogP contribution in [0.3, 0.4) is 0 Å². The van der Waals surface area contributed by atoms with Crippen LogP contribution in [-0.2, 0) is 12.0 Å². The van der Waals surface area contributed by atoms with Gasteiger partial charge < -0.3 is 14.8 Å². The Morgan fingerprint density at radius 1 is 1.32 bits per heavy atom. The molecule has 0 bridgehead atoms. The van der Waals surface area contributed by atoms with Crippen molar-refractivity contribution in [3.8, 4) is 11.5 Å². The fourth-order valence-corrected chi connectivity index (χ4v) is 3.81. The molecule has 0 saturated heterocycles. The van der Waals surface area contributed by atoms with Gasteiger partial charge in [-0.2, -0.15) is 0 Å². The standard InChI is InChI=1S/C22H25N3O3/c1-22(2,21-24-14-17-19(27-3)8-5-10-25(17)21)12-18(26)16-7-4-6-15-13-23-9-11-28-20(15)16/h4-8,10,14,23H,9,11-13H2,1-3H3. The highest BCUT2D eigenvalue weighted by molar-refractivity contribution is 5.99. The second-order valence-corrected chi connectivity index (χ2v) is 7.72. The van der Waals surface area contributed by atoms with Gasteiger partial charge in [-0.15, -0.1) is 0 Å². The second-order valence-electron chi connectivity index (χ2n) is 7.72. The molecule has 2 aromatic heterocycles. The lowest BCUT2D eigenvalue weighted by atomic mass is 9.84. The van der Waals surface area contributed by atoms with Crippen molar-refractivity contribution in [3.05, 3.63) is 59.7 Å². The number of hydrogen-bond acceptors (Lipinski definition) is 5. The summed E-state index contributed by atoms with van der Waals surface area (Å²) in [5.74, 6) is 2.36. The Morgan fingerprint density at radius 2 is 2.18 bits per heavy atom. The van der Waals surface area contributed by atoms with Crippen LogP contribution in [-0.4, -0.2) is 35.4 Å². The lowest BCUT2D eigenvalue weighted by molar-refractivity contribution is 0.0952. The van der Waals surface area contributed by atoms with Gasteiger partial charge in [-0.3, -0.25) is 9.20 Å². The minimum atomic E-state index is -0.457. The highest BCUT2D eigenvalue weighted by Gasteiger charge is 2.31. The van der Waals surface area contributed by atoms with Crippen LogP contribution in [0.4, 0.5) is 0 Å². The zero-order chi connectivity index (χ0) is 19.7. The van der Waals surface area contributed by atoms with E-state index in [4.69, 9.17) is 9.47 Å². The number of Topliss-reactive ketones (excluding diaryl/α,β-unsaturated/α-hetero) is 1. The van der Waals surface area contributed by atoms with Crippen molar-refractivity contribution in [1.82, 2.24) is 14.7 Å². The predicted octanol–water partition coefficient (Wildman–Crippen LogP) is 3.38. The number of imidazole rings is 1. The Balaban J connectivity index is 1.67. The molecule has 1 aliphatic rings. The van der Waals surface area contributed by atoms with E-state index in [1.807, 2.05) is 54.8 Å². The lowest BCUT2D eigenvalue weighted by Crippen LogP contribution is -2.25. The van der Waals surface area contributed by atoms with Crippen molar-refractivity contribution < 1.29 is 14.3 Å². The summed E-state index contributed by atoms with van der Waals surface area (Å²) >= 11 is 0. The van der Waals surface area contributed by atoms with E-state index in [1.54, 1.807) is 13.3 Å². The average molecular weight is 379 g/mol. The van der Waals surface area contributed by atoms with Crippen LogP contribution in [0.1, 0.15) is 42.0 Å². The summed E-state index contributed by atoms with van der Waals surface area (Å²) in [4.78, 5) is 17.9. The summed E-state index contributed by atoms with van der Waals surface area (Å²) in [6, 6.07) is 9.61. The van der Waals surface area contributed by atoms with Crippen molar-refractivity contribution in [2.75, 3.05) is 20.3 Å². The number of hydrogen-bond donors (Lipinski definition) is 1. The Morgan fingerprint density at radius 3 is 3.00 bits per heavy atom. The number of carbonyl (C=O) groups is 1. The molecule has 0 amide bonds. The van der Waals surface area contributed by atoms with Gasteiger partial charge in [0, 0.05) is 36.7 Å². The number of ether oxygens (including phenoxy) is 2. The Hall–Kier alpha value is -2.86. The van der Waals surface area contributed by atoms with E-state index in [9.17, 15) is 4.79 Å². The second kappa shape index (κ2) is 7.28. The Bertz CT molecular complexity index is 1020. The number of nitrogens with one attached hydrogen (secondary N) is 1. The third-order valence-corrected chi connectivity index (χ3v) is 5.20. The smallest absolute Gasteiger partial charge is 0.167 e. The van der Waals surface area contributed by atoms with Gasteiger partial charge in [-0.1, -0.05) is 26.0 Å². The number of aromatic nitrogens is 2. The van der Waals surface area contributed by atoms with E-state index in [2.05, 4.69) is 10.3 Å². The minimum absolute atomic E-state index is 0.0587. The van der Waals surface area contributed by atoms with Crippen molar-refractivity contribution >= 4 is 11.3 Å². The van der Waals surface area contributed by atoms with Crippen molar-refractivity contribution in [1.29, 1.82) is 0 Å². The molecule has 6 heteroatoms. The largest absolute Gasteiger partial charge is 0.494 e. The molecule has 0 unspecified atom stereocenters. The summed E-state index contributed by atoms with van der Waals surface area (Å²) in [6.07, 6.45) is 4.08. The number of ketones is 1. The van der Waals surface area contributed by atoms with E-state index in [0.29, 0.717) is 30.9 Å². The van der Waals surface area contributed by atoms with E-state index < -0.39 is 5.41 Å². The van der Waals surface area contributed by atoms with Gasteiger partial charge in [0.15, 0.2) is 5.78 Å². The fraction of sp³-hybridized carbons (Fsp3) is 0.364. The molecule has 4 rings (SSSR count). The highest BCUT2D eigenvalue weighted by Crippen LogP contribution is 2.33. The fourth-order valence-electron chi connectivity index (χ4n) is 3.81. The van der Waals surface area contributed by atoms with Crippen LogP contribution in [0.2, 0.25) is 0 Å². The molecular formula is C22H25N3O3. The molecule has 0 spiro atoms. The third kappa shape index (κ3) is 3.24. The molecule has 146 valence electrons. The topological polar surface area (TPSA) is 64.9 Å². The molecule has 0 atom stereocenters. The Kier molecular flexibility index (Phi) is 4.81. The molecule has 0 saturated carbocycles. The zero-order valence-corrected chi connectivity index (χ0v) is 16.5. The molecule has 28 heavy (non-hydrogen) atoms. The third-order valence-electron chi connectivity index (χ3n) is 5.20. The molecule has 0 radical (unpaired) electrons. The lowest BCUT2D eigenvalue weighted by Gasteiger charge is -2.23. The first kappa shape index (κ1) is 18.5. The Labute approximate surface area is 164 Å². The molecular weight excluding hydrogens is 354 g/mol. The van der Waals surface area contributed by atoms with Crippen LogP contribution in [0.15, 0.2) is 42.7 Å². The van der Waals surface area contributed by atoms with Crippen LogP contribution in [0.5, 0.6) is 11.5 Å². The normalized spacial score (nSPS) is 14.2. The summed E-state index contributed by atoms with van der Waals surface area (Å²) in [6.45, 7) is 6.14. The molecule has 1 N–H and O–H groups in total. The number of pyridine rings is 1. The van der Waals surface area contributed by atoms with E-state index in [0.717, 1.165) is 29.2 Å². The predicted molar refractivity (Wildman–Crippen MR) is 107 cm³/mol. The number of rotatable bonds is 5. The molecule has 3 aromatic rings. The first-order chi connectivity index (χ1) is 13.5. The van der Waals surface area contributed by atoms with E-state index in [1.165, 1.54) is 0 Å². The summed E-state index contributed by atoms with van der Waals surface area (Å²) in [5, 5.41) is 3.31. The first-order valence-corrected chi connectivity index (χ1v) is 9.50. The van der Waals surface area contributed by atoms with Gasteiger partial charge in [0.1, 0.15) is 29.4 Å². The number of nitrogens with zero attached hydrogens (tertiary/aromatic N) is 2. The van der Waals surface area contributed by atoms with Gasteiger partial charge in [-0.05, 0) is 18.2 Å². The SMILES string of the molecule is COc1cccn2c(C(C)(C)CC(=O)c3cccc4c3OCCNC4)ncc12. The summed E-state index contributed by atoms with van der Waals surface area (Å²) < 4.78 is 13.3. The zero-order valence-electron chi connectivity index (χ0n) is 16.5. The monoisotopic (exact) mass is 379 g/mol. The number of para-hydroxylation sites is 1. The van der Waals surface area contributed by atoms with E-state index in [-0.39, 0.29) is 5.78 Å².